The summed E-state index contributed by atoms with van der Waals surface area (Å²) in [5, 5.41) is 11.7. The first-order valence-electron chi connectivity index (χ1n) is 8.69. The van der Waals surface area contributed by atoms with E-state index in [2.05, 4.69) is 83.3 Å². The van der Waals surface area contributed by atoms with Crippen LogP contribution in [0.1, 0.15) is 5.56 Å². The molecule has 27 heavy (non-hydrogen) atoms. The number of benzene rings is 2. The number of aromatic nitrogens is 1. The monoisotopic (exact) mass is 440 g/mol. The average molecular weight is 441 g/mol. The van der Waals surface area contributed by atoms with E-state index in [0.29, 0.717) is 6.54 Å². The number of fused-ring (bicyclic) bond motifs is 2. The number of thioether (sulfide) groups is 1. The van der Waals surface area contributed by atoms with Gasteiger partial charge in [0.2, 0.25) is 5.52 Å². The molecule has 0 saturated carbocycles. The van der Waals surface area contributed by atoms with E-state index in [4.69, 9.17) is 0 Å². The largest absolute Gasteiger partial charge is 1.00 e. The number of para-hydroxylation sites is 2. The molecule has 1 aromatic heterocycles. The molecule has 1 N–H and O–H groups in total. The molecule has 0 atom stereocenters. The molecular formula is C22H21BrN2OS. The minimum absolute atomic E-state index is 0. The van der Waals surface area contributed by atoms with E-state index in [1.54, 1.807) is 11.8 Å². The van der Waals surface area contributed by atoms with Gasteiger partial charge in [-0.25, -0.2) is 0 Å². The zero-order chi connectivity index (χ0) is 17.9. The van der Waals surface area contributed by atoms with Crippen molar-refractivity contribution in [1.29, 1.82) is 0 Å². The fraction of sp³-hybridized carbons (Fsp3) is 0.136. The molecule has 0 unspecified atom stereocenters. The standard InChI is InChI=1S/C22H21N2OS.BrH/c1-23-20-10-4-5-11-21(20)26-22(23)12-6-7-17-13-14-24(15-16-25)19-9-3-2-8-18(17)19;/h2-14,25H,15-16H2,1H3;1H/q+1;/p-1. The summed E-state index contributed by atoms with van der Waals surface area (Å²) >= 11 is 1.80. The van der Waals surface area contributed by atoms with Gasteiger partial charge < -0.3 is 27.0 Å². The maximum absolute atomic E-state index is 9.26. The molecule has 3 nitrogen and oxygen atoms in total. The van der Waals surface area contributed by atoms with Crippen molar-refractivity contribution in [3.8, 4) is 0 Å². The molecule has 138 valence electrons. The van der Waals surface area contributed by atoms with Crippen LogP contribution in [0.2, 0.25) is 0 Å². The van der Waals surface area contributed by atoms with Crippen LogP contribution in [0.15, 0.2) is 82.9 Å². The van der Waals surface area contributed by atoms with Gasteiger partial charge in [-0.15, -0.1) is 0 Å². The molecule has 0 spiro atoms. The summed E-state index contributed by atoms with van der Waals surface area (Å²) in [6.45, 7) is 0.744. The zero-order valence-corrected chi connectivity index (χ0v) is 17.5. The lowest BCUT2D eigenvalue weighted by molar-refractivity contribution is -0.672. The first-order valence-corrected chi connectivity index (χ1v) is 9.50. The van der Waals surface area contributed by atoms with Crippen molar-refractivity contribution in [3.63, 3.8) is 0 Å². The molecule has 0 aliphatic carbocycles. The van der Waals surface area contributed by atoms with Gasteiger partial charge in [-0.1, -0.05) is 48.2 Å². The second-order valence-electron chi connectivity index (χ2n) is 6.20. The van der Waals surface area contributed by atoms with Crippen LogP contribution < -0.4 is 26.4 Å². The third-order valence-corrected chi connectivity index (χ3v) is 5.77. The van der Waals surface area contributed by atoms with Crippen molar-refractivity contribution in [3.05, 3.63) is 83.5 Å². The van der Waals surface area contributed by atoms with Crippen molar-refractivity contribution >= 4 is 34.4 Å². The van der Waals surface area contributed by atoms with Crippen LogP contribution in [-0.2, 0) is 6.54 Å². The van der Waals surface area contributed by atoms with Gasteiger partial charge in [-0.3, -0.25) is 0 Å². The first kappa shape index (κ1) is 19.7. The zero-order valence-electron chi connectivity index (χ0n) is 15.0. The number of anilines is 1. The molecule has 3 aromatic rings. The van der Waals surface area contributed by atoms with Gasteiger partial charge in [0.05, 0.1) is 16.1 Å². The Hall–Kier alpha value is -2.08. The molecule has 4 rings (SSSR count). The summed E-state index contributed by atoms with van der Waals surface area (Å²) in [6.07, 6.45) is 8.46. The predicted octanol–water partition coefficient (Wildman–Crippen LogP) is 1.22. The van der Waals surface area contributed by atoms with E-state index >= 15 is 0 Å². The van der Waals surface area contributed by atoms with Crippen molar-refractivity contribution in [2.45, 2.75) is 11.4 Å². The van der Waals surface area contributed by atoms with Crippen molar-refractivity contribution in [1.82, 2.24) is 0 Å². The van der Waals surface area contributed by atoms with Gasteiger partial charge in [-0.05, 0) is 29.8 Å². The highest BCUT2D eigenvalue weighted by Crippen LogP contribution is 2.44. The quantitative estimate of drug-likeness (QED) is 0.618. The highest BCUT2D eigenvalue weighted by Gasteiger charge is 2.20. The topological polar surface area (TPSA) is 27.4 Å². The Bertz CT molecular complexity index is 1020. The number of rotatable bonds is 4. The Morgan fingerprint density at radius 3 is 2.67 bits per heavy atom. The number of aliphatic hydroxyl groups is 1. The third-order valence-electron chi connectivity index (χ3n) is 4.59. The second kappa shape index (κ2) is 8.74. The number of halogens is 1. The second-order valence-corrected chi connectivity index (χ2v) is 7.26. The van der Waals surface area contributed by atoms with Crippen LogP contribution in [-0.4, -0.2) is 18.8 Å². The van der Waals surface area contributed by atoms with E-state index in [1.807, 2.05) is 12.3 Å². The van der Waals surface area contributed by atoms with E-state index in [-0.39, 0.29) is 23.6 Å². The van der Waals surface area contributed by atoms with Gasteiger partial charge in [-0.2, -0.15) is 4.57 Å². The minimum atomic E-state index is 0. The van der Waals surface area contributed by atoms with Crippen LogP contribution in [0.25, 0.3) is 17.0 Å². The Morgan fingerprint density at radius 2 is 1.85 bits per heavy atom. The lowest BCUT2D eigenvalue weighted by atomic mass is 10.1. The number of pyridine rings is 1. The average Bonchev–Trinajstić information content (AvgIpc) is 3.00. The molecule has 0 radical (unpaired) electrons. The summed E-state index contributed by atoms with van der Waals surface area (Å²) in [6, 6.07) is 18.9. The van der Waals surface area contributed by atoms with Crippen molar-refractivity contribution in [2.24, 2.45) is 0 Å². The molecule has 0 bridgehead atoms. The highest BCUT2D eigenvalue weighted by atomic mass is 79.9. The van der Waals surface area contributed by atoms with Gasteiger partial charge in [0.25, 0.3) is 0 Å². The van der Waals surface area contributed by atoms with E-state index < -0.39 is 0 Å². The van der Waals surface area contributed by atoms with E-state index in [0.717, 1.165) is 5.52 Å². The van der Waals surface area contributed by atoms with Gasteiger partial charge in [0.15, 0.2) is 12.7 Å². The Balaban J connectivity index is 0.00000210. The SMILES string of the molecule is CN1C(=CC=Cc2cc[n+](CCO)c3ccccc23)Sc2ccccc21.[Br-]. The van der Waals surface area contributed by atoms with Gasteiger partial charge in [0.1, 0.15) is 6.61 Å². The number of hydrogen-bond acceptors (Lipinski definition) is 3. The predicted molar refractivity (Wildman–Crippen MR) is 109 cm³/mol. The van der Waals surface area contributed by atoms with Crippen LogP contribution in [0, 0.1) is 0 Å². The summed E-state index contributed by atoms with van der Waals surface area (Å²) in [4.78, 5) is 3.52. The highest BCUT2D eigenvalue weighted by molar-refractivity contribution is 8.03. The summed E-state index contributed by atoms with van der Waals surface area (Å²) < 4.78 is 2.09. The maximum atomic E-state index is 9.26. The number of allylic oxidation sites excluding steroid dienone is 2. The molecule has 1 aliphatic rings. The van der Waals surface area contributed by atoms with E-state index in [1.165, 1.54) is 26.6 Å². The lowest BCUT2D eigenvalue weighted by Gasteiger charge is -2.12. The maximum Gasteiger partial charge on any atom is 0.213 e. The smallest absolute Gasteiger partial charge is 0.213 e. The fourth-order valence-electron chi connectivity index (χ4n) is 3.26. The molecule has 1 aliphatic heterocycles. The molecule has 0 amide bonds. The summed E-state index contributed by atoms with van der Waals surface area (Å²) in [5.74, 6) is 0. The van der Waals surface area contributed by atoms with Crippen LogP contribution in [0.5, 0.6) is 0 Å². The van der Waals surface area contributed by atoms with Crippen LogP contribution in [0.4, 0.5) is 5.69 Å². The van der Waals surface area contributed by atoms with E-state index in [9.17, 15) is 5.11 Å². The van der Waals surface area contributed by atoms with Crippen molar-refractivity contribution < 1.29 is 26.7 Å². The molecule has 0 fully saturated rings. The fourth-order valence-corrected chi connectivity index (χ4v) is 4.32. The summed E-state index contributed by atoms with van der Waals surface area (Å²) in [7, 11) is 2.11. The summed E-state index contributed by atoms with van der Waals surface area (Å²) in [5.41, 5.74) is 3.57. The third kappa shape index (κ3) is 3.95. The Labute approximate surface area is 174 Å². The molecular weight excluding hydrogens is 420 g/mol. The molecule has 2 aromatic carbocycles. The number of aliphatic hydroxyl groups excluding tert-OH is 1. The van der Waals surface area contributed by atoms with Gasteiger partial charge >= 0.3 is 0 Å². The molecule has 2 heterocycles. The Kier molecular flexibility index (Phi) is 6.37. The van der Waals surface area contributed by atoms with Crippen LogP contribution >= 0.6 is 11.8 Å². The molecule has 5 heteroatoms. The molecule has 0 saturated heterocycles. The van der Waals surface area contributed by atoms with Gasteiger partial charge in [0, 0.05) is 24.1 Å². The Morgan fingerprint density at radius 1 is 1.07 bits per heavy atom. The normalized spacial score (nSPS) is 14.7. The minimum Gasteiger partial charge on any atom is -1.00 e. The van der Waals surface area contributed by atoms with Crippen LogP contribution in [0.3, 0.4) is 0 Å². The number of nitrogens with zero attached hydrogens (tertiary/aromatic N) is 2. The van der Waals surface area contributed by atoms with Crippen molar-refractivity contribution in [2.75, 3.05) is 18.6 Å². The lowest BCUT2D eigenvalue weighted by Crippen LogP contribution is -3.00. The number of hydrogen-bond donors (Lipinski definition) is 1. The first-order chi connectivity index (χ1) is 12.8.